The van der Waals surface area contributed by atoms with E-state index < -0.39 is 0 Å². The lowest BCUT2D eigenvalue weighted by atomic mass is 10.2. The summed E-state index contributed by atoms with van der Waals surface area (Å²) in [6.45, 7) is 1.16. The largest absolute Gasteiger partial charge is 0.469 e. The Morgan fingerprint density at radius 2 is 2.22 bits per heavy atom. The van der Waals surface area contributed by atoms with Gasteiger partial charge in [0.2, 0.25) is 0 Å². The van der Waals surface area contributed by atoms with E-state index in [1.54, 1.807) is 6.07 Å². The van der Waals surface area contributed by atoms with Crippen LogP contribution in [0.25, 0.3) is 0 Å². The maximum absolute atomic E-state index is 13.5. The number of rotatable bonds is 6. The molecule has 18 heavy (non-hydrogen) atoms. The average molecular weight is 274 g/mol. The predicted molar refractivity (Wildman–Crippen MR) is 69.0 cm³/mol. The van der Waals surface area contributed by atoms with Crippen LogP contribution >= 0.6 is 11.6 Å². The van der Waals surface area contributed by atoms with E-state index in [1.165, 1.54) is 19.2 Å². The second-order valence-corrected chi connectivity index (χ2v) is 4.59. The molecule has 0 fully saturated rings. The van der Waals surface area contributed by atoms with E-state index in [1.807, 2.05) is 11.9 Å². The summed E-state index contributed by atoms with van der Waals surface area (Å²) >= 11 is 5.82. The molecule has 5 heteroatoms. The normalized spacial score (nSPS) is 10.7. The van der Waals surface area contributed by atoms with Gasteiger partial charge in [-0.05, 0) is 38.2 Å². The van der Waals surface area contributed by atoms with Crippen molar-refractivity contribution in [1.82, 2.24) is 4.90 Å². The van der Waals surface area contributed by atoms with Crippen molar-refractivity contribution in [3.63, 3.8) is 0 Å². The number of nitrogens with zero attached hydrogens (tertiary/aromatic N) is 1. The highest BCUT2D eigenvalue weighted by atomic mass is 35.5. The number of hydrogen-bond donors (Lipinski definition) is 0. The van der Waals surface area contributed by atoms with Crippen LogP contribution in [0.1, 0.15) is 18.4 Å². The minimum atomic E-state index is -0.265. The molecule has 0 bridgehead atoms. The number of carbonyl (C=O) groups excluding carboxylic acids is 1. The molecule has 0 atom stereocenters. The molecule has 0 radical (unpaired) electrons. The minimum absolute atomic E-state index is 0.225. The van der Waals surface area contributed by atoms with E-state index in [2.05, 4.69) is 4.74 Å². The van der Waals surface area contributed by atoms with Crippen molar-refractivity contribution in [1.29, 1.82) is 0 Å². The number of hydrogen-bond acceptors (Lipinski definition) is 3. The zero-order valence-electron chi connectivity index (χ0n) is 10.6. The van der Waals surface area contributed by atoms with Crippen LogP contribution in [0.15, 0.2) is 18.2 Å². The molecule has 100 valence electrons. The number of benzene rings is 1. The first-order chi connectivity index (χ1) is 8.52. The molecule has 3 nitrogen and oxygen atoms in total. The number of carbonyl (C=O) groups is 1. The fraction of sp³-hybridized carbons (Fsp3) is 0.462. The first kappa shape index (κ1) is 14.9. The van der Waals surface area contributed by atoms with Gasteiger partial charge in [0.1, 0.15) is 5.82 Å². The highest BCUT2D eigenvalue weighted by Crippen LogP contribution is 2.16. The summed E-state index contributed by atoms with van der Waals surface area (Å²) in [6, 6.07) is 4.51. The molecule has 0 saturated heterocycles. The lowest BCUT2D eigenvalue weighted by Crippen LogP contribution is -2.20. The SMILES string of the molecule is COC(=O)CCCN(C)Cc1cc(Cl)ccc1F. The molecule has 0 aromatic heterocycles. The minimum Gasteiger partial charge on any atom is -0.469 e. The van der Waals surface area contributed by atoms with Crippen molar-refractivity contribution >= 4 is 17.6 Å². The van der Waals surface area contributed by atoms with E-state index >= 15 is 0 Å². The van der Waals surface area contributed by atoms with Crippen LogP contribution in [-0.2, 0) is 16.1 Å². The van der Waals surface area contributed by atoms with Crippen molar-refractivity contribution in [2.45, 2.75) is 19.4 Å². The molecule has 0 aliphatic heterocycles. The zero-order chi connectivity index (χ0) is 13.5. The van der Waals surface area contributed by atoms with Gasteiger partial charge in [0, 0.05) is 23.6 Å². The van der Waals surface area contributed by atoms with E-state index in [0.29, 0.717) is 36.5 Å². The second kappa shape index (κ2) is 7.34. The molecule has 0 spiro atoms. The lowest BCUT2D eigenvalue weighted by Gasteiger charge is -2.16. The quantitative estimate of drug-likeness (QED) is 0.747. The van der Waals surface area contributed by atoms with Crippen LogP contribution in [0.2, 0.25) is 5.02 Å². The van der Waals surface area contributed by atoms with Crippen molar-refractivity contribution in [3.8, 4) is 0 Å². The maximum Gasteiger partial charge on any atom is 0.305 e. The Morgan fingerprint density at radius 1 is 1.50 bits per heavy atom. The summed E-state index contributed by atoms with van der Waals surface area (Å²) in [5.41, 5.74) is 0.558. The molecule has 1 aromatic carbocycles. The van der Waals surface area contributed by atoms with Gasteiger partial charge in [-0.2, -0.15) is 0 Å². The Kier molecular flexibility index (Phi) is 6.09. The smallest absolute Gasteiger partial charge is 0.305 e. The van der Waals surface area contributed by atoms with E-state index in [0.717, 1.165) is 0 Å². The fourth-order valence-corrected chi connectivity index (χ4v) is 1.82. The van der Waals surface area contributed by atoms with Crippen molar-refractivity contribution in [2.75, 3.05) is 20.7 Å². The van der Waals surface area contributed by atoms with E-state index in [4.69, 9.17) is 11.6 Å². The molecule has 0 heterocycles. The molecule has 0 amide bonds. The van der Waals surface area contributed by atoms with Crippen LogP contribution in [0.4, 0.5) is 4.39 Å². The topological polar surface area (TPSA) is 29.5 Å². The van der Waals surface area contributed by atoms with Crippen molar-refractivity contribution in [2.24, 2.45) is 0 Å². The Hall–Kier alpha value is -1.13. The lowest BCUT2D eigenvalue weighted by molar-refractivity contribution is -0.140. The number of esters is 1. The van der Waals surface area contributed by atoms with Gasteiger partial charge in [-0.15, -0.1) is 0 Å². The number of methoxy groups -OCH3 is 1. The maximum atomic E-state index is 13.5. The molecular weight excluding hydrogens is 257 g/mol. The highest BCUT2D eigenvalue weighted by molar-refractivity contribution is 6.30. The molecular formula is C13H17ClFNO2. The van der Waals surface area contributed by atoms with Crippen LogP contribution < -0.4 is 0 Å². The molecule has 0 aliphatic carbocycles. The zero-order valence-corrected chi connectivity index (χ0v) is 11.3. The van der Waals surface area contributed by atoms with Gasteiger partial charge in [-0.25, -0.2) is 4.39 Å². The van der Waals surface area contributed by atoms with Gasteiger partial charge in [-0.3, -0.25) is 4.79 Å². The molecule has 0 N–H and O–H groups in total. The fourth-order valence-electron chi connectivity index (χ4n) is 1.63. The van der Waals surface area contributed by atoms with Crippen LogP contribution in [0.3, 0.4) is 0 Å². The first-order valence-electron chi connectivity index (χ1n) is 5.72. The summed E-state index contributed by atoms with van der Waals surface area (Å²) < 4.78 is 18.0. The summed E-state index contributed by atoms with van der Waals surface area (Å²) in [6.07, 6.45) is 1.06. The molecule has 0 unspecified atom stereocenters. The molecule has 0 aliphatic rings. The Morgan fingerprint density at radius 3 is 2.89 bits per heavy atom. The Bertz CT molecular complexity index is 412. The van der Waals surface area contributed by atoms with E-state index in [-0.39, 0.29) is 11.8 Å². The first-order valence-corrected chi connectivity index (χ1v) is 6.10. The molecule has 0 saturated carbocycles. The van der Waals surface area contributed by atoms with Gasteiger partial charge in [0.05, 0.1) is 7.11 Å². The average Bonchev–Trinajstić information content (AvgIpc) is 2.33. The van der Waals surface area contributed by atoms with Gasteiger partial charge < -0.3 is 9.64 Å². The Labute approximate surface area is 111 Å². The molecule has 1 aromatic rings. The summed E-state index contributed by atoms with van der Waals surface area (Å²) in [5.74, 6) is -0.489. The number of ether oxygens (including phenoxy) is 1. The van der Waals surface area contributed by atoms with Gasteiger partial charge in [0.15, 0.2) is 0 Å². The van der Waals surface area contributed by atoms with Crippen molar-refractivity contribution < 1.29 is 13.9 Å². The van der Waals surface area contributed by atoms with Gasteiger partial charge in [0.25, 0.3) is 0 Å². The van der Waals surface area contributed by atoms with Crippen LogP contribution in [-0.4, -0.2) is 31.6 Å². The van der Waals surface area contributed by atoms with Crippen molar-refractivity contribution in [3.05, 3.63) is 34.6 Å². The van der Waals surface area contributed by atoms with Crippen LogP contribution in [0, 0.1) is 5.82 Å². The van der Waals surface area contributed by atoms with E-state index in [9.17, 15) is 9.18 Å². The Balaban J connectivity index is 2.42. The monoisotopic (exact) mass is 273 g/mol. The summed E-state index contributed by atoms with van der Waals surface area (Å²) in [5, 5.41) is 0.523. The standard InChI is InChI=1S/C13H17ClFNO2/c1-16(7-3-4-13(17)18-2)9-10-8-11(14)5-6-12(10)15/h5-6,8H,3-4,7,9H2,1-2H3. The molecule has 1 rings (SSSR count). The number of halogens is 2. The third kappa shape index (κ3) is 5.02. The third-order valence-electron chi connectivity index (χ3n) is 2.60. The van der Waals surface area contributed by atoms with Crippen LogP contribution in [0.5, 0.6) is 0 Å². The second-order valence-electron chi connectivity index (χ2n) is 4.15. The third-order valence-corrected chi connectivity index (χ3v) is 2.83. The summed E-state index contributed by atoms with van der Waals surface area (Å²) in [4.78, 5) is 12.9. The van der Waals surface area contributed by atoms with Gasteiger partial charge >= 0.3 is 5.97 Å². The summed E-state index contributed by atoms with van der Waals surface area (Å²) in [7, 11) is 3.24. The van der Waals surface area contributed by atoms with Gasteiger partial charge in [-0.1, -0.05) is 11.6 Å². The predicted octanol–water partition coefficient (Wildman–Crippen LogP) is 2.86. The highest BCUT2D eigenvalue weighted by Gasteiger charge is 2.07.